The Morgan fingerprint density at radius 1 is 1.03 bits per heavy atom. The number of para-hydroxylation sites is 1. The Balaban J connectivity index is 1.49. The Morgan fingerprint density at radius 2 is 1.69 bits per heavy atom. The van der Waals surface area contributed by atoms with E-state index in [1.807, 2.05) is 23.1 Å². The molecule has 1 aliphatic rings. The molecule has 1 fully saturated rings. The fourth-order valence-electron chi connectivity index (χ4n) is 3.86. The standard InChI is InChI=1S/C22H23ClN4O2/c1-15(20-24-19-6-4-3-5-18(19)22(29)25(20)2)26-11-13-27(14-12-26)21(28)16-7-9-17(23)10-8-16/h3-10,15H,11-14H2,1-2H3. The monoisotopic (exact) mass is 410 g/mol. The third-order valence-electron chi connectivity index (χ3n) is 5.63. The van der Waals surface area contributed by atoms with E-state index >= 15 is 0 Å². The first-order chi connectivity index (χ1) is 14.0. The van der Waals surface area contributed by atoms with E-state index in [9.17, 15) is 9.59 Å². The average molecular weight is 411 g/mol. The zero-order valence-corrected chi connectivity index (χ0v) is 17.3. The number of hydrogen-bond donors (Lipinski definition) is 0. The molecule has 2 heterocycles. The molecule has 1 unspecified atom stereocenters. The van der Waals surface area contributed by atoms with E-state index in [2.05, 4.69) is 11.8 Å². The molecule has 150 valence electrons. The number of hydrogen-bond acceptors (Lipinski definition) is 4. The van der Waals surface area contributed by atoms with Gasteiger partial charge in [-0.3, -0.25) is 19.1 Å². The van der Waals surface area contributed by atoms with Gasteiger partial charge in [-0.05, 0) is 43.3 Å². The molecular weight excluding hydrogens is 388 g/mol. The summed E-state index contributed by atoms with van der Waals surface area (Å²) < 4.78 is 1.64. The van der Waals surface area contributed by atoms with Crippen molar-refractivity contribution in [2.75, 3.05) is 26.2 Å². The lowest BCUT2D eigenvalue weighted by Gasteiger charge is -2.38. The van der Waals surface area contributed by atoms with E-state index < -0.39 is 0 Å². The van der Waals surface area contributed by atoms with Crippen molar-refractivity contribution in [3.8, 4) is 0 Å². The maximum atomic E-state index is 12.7. The van der Waals surface area contributed by atoms with Crippen molar-refractivity contribution in [3.05, 3.63) is 75.3 Å². The molecule has 29 heavy (non-hydrogen) atoms. The number of carbonyl (C=O) groups excluding carboxylic acids is 1. The van der Waals surface area contributed by atoms with Crippen LogP contribution in [0, 0.1) is 0 Å². The SMILES string of the molecule is CC(c1nc2ccccc2c(=O)n1C)N1CCN(C(=O)c2ccc(Cl)cc2)CC1. The summed E-state index contributed by atoms with van der Waals surface area (Å²) in [7, 11) is 1.77. The van der Waals surface area contributed by atoms with Crippen LogP contribution in [-0.2, 0) is 7.05 Å². The molecule has 0 spiro atoms. The van der Waals surface area contributed by atoms with Crippen molar-refractivity contribution in [1.29, 1.82) is 0 Å². The van der Waals surface area contributed by atoms with Gasteiger partial charge in [-0.25, -0.2) is 4.98 Å². The summed E-state index contributed by atoms with van der Waals surface area (Å²) >= 11 is 5.91. The van der Waals surface area contributed by atoms with Gasteiger partial charge >= 0.3 is 0 Å². The predicted molar refractivity (Wildman–Crippen MR) is 114 cm³/mol. The van der Waals surface area contributed by atoms with Crippen LogP contribution in [0.5, 0.6) is 0 Å². The van der Waals surface area contributed by atoms with Gasteiger partial charge in [0, 0.05) is 43.8 Å². The molecule has 0 N–H and O–H groups in total. The van der Waals surface area contributed by atoms with Gasteiger partial charge in [-0.2, -0.15) is 0 Å². The molecule has 0 radical (unpaired) electrons. The quantitative estimate of drug-likeness (QED) is 0.665. The number of carbonyl (C=O) groups is 1. The Kier molecular flexibility index (Phi) is 5.39. The number of nitrogens with zero attached hydrogens (tertiary/aromatic N) is 4. The van der Waals surface area contributed by atoms with Crippen molar-refractivity contribution in [2.24, 2.45) is 7.05 Å². The number of aromatic nitrogens is 2. The van der Waals surface area contributed by atoms with Crippen molar-refractivity contribution < 1.29 is 4.79 Å². The van der Waals surface area contributed by atoms with Crippen LogP contribution < -0.4 is 5.56 Å². The van der Waals surface area contributed by atoms with Crippen LogP contribution in [0.2, 0.25) is 5.02 Å². The highest BCUT2D eigenvalue weighted by atomic mass is 35.5. The maximum absolute atomic E-state index is 12.7. The smallest absolute Gasteiger partial charge is 0.261 e. The van der Waals surface area contributed by atoms with E-state index in [1.165, 1.54) is 0 Å². The van der Waals surface area contributed by atoms with Crippen LogP contribution in [0.1, 0.15) is 29.1 Å². The van der Waals surface area contributed by atoms with Crippen LogP contribution in [-0.4, -0.2) is 51.4 Å². The van der Waals surface area contributed by atoms with E-state index in [-0.39, 0.29) is 17.5 Å². The van der Waals surface area contributed by atoms with Gasteiger partial charge in [0.25, 0.3) is 11.5 Å². The largest absolute Gasteiger partial charge is 0.336 e. The Labute approximate surface area is 174 Å². The van der Waals surface area contributed by atoms with Crippen LogP contribution >= 0.6 is 11.6 Å². The summed E-state index contributed by atoms with van der Waals surface area (Å²) in [5.74, 6) is 0.761. The fourth-order valence-corrected chi connectivity index (χ4v) is 3.99. The van der Waals surface area contributed by atoms with Crippen LogP contribution in [0.3, 0.4) is 0 Å². The van der Waals surface area contributed by atoms with Crippen LogP contribution in [0.15, 0.2) is 53.3 Å². The van der Waals surface area contributed by atoms with E-state index in [0.717, 1.165) is 18.9 Å². The third-order valence-corrected chi connectivity index (χ3v) is 5.88. The van der Waals surface area contributed by atoms with Gasteiger partial charge in [0.15, 0.2) is 0 Å². The van der Waals surface area contributed by atoms with Gasteiger partial charge < -0.3 is 4.90 Å². The molecule has 0 saturated carbocycles. The molecule has 6 nitrogen and oxygen atoms in total. The van der Waals surface area contributed by atoms with Crippen LogP contribution in [0.25, 0.3) is 10.9 Å². The number of rotatable bonds is 3. The second-order valence-corrected chi connectivity index (χ2v) is 7.80. The van der Waals surface area contributed by atoms with Gasteiger partial charge in [0.05, 0.1) is 16.9 Å². The third kappa shape index (κ3) is 3.78. The lowest BCUT2D eigenvalue weighted by atomic mass is 10.1. The molecule has 3 aromatic rings. The highest BCUT2D eigenvalue weighted by Gasteiger charge is 2.27. The topological polar surface area (TPSA) is 58.4 Å². The summed E-state index contributed by atoms with van der Waals surface area (Å²) in [6.07, 6.45) is 0. The summed E-state index contributed by atoms with van der Waals surface area (Å²) in [5.41, 5.74) is 1.33. The van der Waals surface area contributed by atoms with Gasteiger partial charge in [0.1, 0.15) is 5.82 Å². The number of benzene rings is 2. The Hall–Kier alpha value is -2.70. The van der Waals surface area contributed by atoms with Crippen molar-refractivity contribution in [3.63, 3.8) is 0 Å². The first-order valence-electron chi connectivity index (χ1n) is 9.70. The summed E-state index contributed by atoms with van der Waals surface area (Å²) in [6, 6.07) is 14.4. The molecule has 1 saturated heterocycles. The van der Waals surface area contributed by atoms with Gasteiger partial charge in [-0.1, -0.05) is 23.7 Å². The highest BCUT2D eigenvalue weighted by Crippen LogP contribution is 2.21. The van der Waals surface area contributed by atoms with E-state index in [1.54, 1.807) is 41.9 Å². The number of amides is 1. The molecular formula is C22H23ClN4O2. The first-order valence-corrected chi connectivity index (χ1v) is 10.1. The summed E-state index contributed by atoms with van der Waals surface area (Å²) in [5, 5.41) is 1.25. The van der Waals surface area contributed by atoms with Gasteiger partial charge in [-0.15, -0.1) is 0 Å². The molecule has 0 bridgehead atoms. The summed E-state index contributed by atoms with van der Waals surface area (Å²) in [6.45, 7) is 4.78. The zero-order valence-electron chi connectivity index (χ0n) is 16.5. The lowest BCUT2D eigenvalue weighted by Crippen LogP contribution is -2.49. The fraction of sp³-hybridized carbons (Fsp3) is 0.318. The molecule has 1 atom stereocenters. The maximum Gasteiger partial charge on any atom is 0.261 e. The minimum atomic E-state index is -0.0333. The second-order valence-electron chi connectivity index (χ2n) is 7.36. The van der Waals surface area contributed by atoms with Crippen molar-refractivity contribution in [1.82, 2.24) is 19.4 Å². The average Bonchev–Trinajstić information content (AvgIpc) is 2.76. The van der Waals surface area contributed by atoms with Crippen molar-refractivity contribution in [2.45, 2.75) is 13.0 Å². The molecule has 1 amide bonds. The second kappa shape index (κ2) is 7.97. The van der Waals surface area contributed by atoms with E-state index in [0.29, 0.717) is 34.6 Å². The molecule has 4 rings (SSSR count). The summed E-state index contributed by atoms with van der Waals surface area (Å²) in [4.78, 5) is 34.3. The molecule has 2 aromatic carbocycles. The normalized spacial score (nSPS) is 16.2. The lowest BCUT2D eigenvalue weighted by molar-refractivity contribution is 0.0572. The molecule has 7 heteroatoms. The van der Waals surface area contributed by atoms with Crippen molar-refractivity contribution >= 4 is 28.4 Å². The Morgan fingerprint density at radius 3 is 2.38 bits per heavy atom. The predicted octanol–water partition coefficient (Wildman–Crippen LogP) is 3.11. The number of fused-ring (bicyclic) bond motifs is 1. The number of piperazine rings is 1. The Bertz CT molecular complexity index is 1100. The van der Waals surface area contributed by atoms with Gasteiger partial charge in [0.2, 0.25) is 0 Å². The minimum absolute atomic E-state index is 0.0187. The zero-order chi connectivity index (χ0) is 20.5. The molecule has 1 aliphatic heterocycles. The number of halogens is 1. The molecule has 1 aromatic heterocycles. The minimum Gasteiger partial charge on any atom is -0.336 e. The molecule has 0 aliphatic carbocycles. The highest BCUT2D eigenvalue weighted by molar-refractivity contribution is 6.30. The van der Waals surface area contributed by atoms with Crippen LogP contribution in [0.4, 0.5) is 0 Å². The van der Waals surface area contributed by atoms with E-state index in [4.69, 9.17) is 16.6 Å². The first kappa shape index (κ1) is 19.6.